The smallest absolute Gasteiger partial charge is 0.416 e. The van der Waals surface area contributed by atoms with Crippen LogP contribution in [0.15, 0.2) is 79.0 Å². The highest BCUT2D eigenvalue weighted by Crippen LogP contribution is 2.38. The summed E-state index contributed by atoms with van der Waals surface area (Å²) in [6.07, 6.45) is -2.76. The number of rotatable bonds is 9. The SMILES string of the molecule is CN(Cc1cccn1C)c1ccc(Nc2cc(C(F)(F)F)ccc2Nc2ccccc2C(=O)O)c(C(=O)O)c1. The lowest BCUT2D eigenvalue weighted by Crippen LogP contribution is -2.19. The fraction of sp³-hybridized carbons (Fsp3) is 0.143. The highest BCUT2D eigenvalue weighted by Gasteiger charge is 2.31. The molecule has 0 unspecified atom stereocenters. The molecule has 4 aromatic rings. The Balaban J connectivity index is 1.72. The number of carboxylic acid groups (broad SMARTS) is 2. The fourth-order valence-electron chi connectivity index (χ4n) is 4.05. The van der Waals surface area contributed by atoms with Gasteiger partial charge in [-0.25, -0.2) is 9.59 Å². The van der Waals surface area contributed by atoms with Crippen LogP contribution in [0.2, 0.25) is 0 Å². The minimum absolute atomic E-state index is 0.0624. The zero-order chi connectivity index (χ0) is 28.3. The van der Waals surface area contributed by atoms with E-state index in [0.717, 1.165) is 23.9 Å². The molecule has 1 heterocycles. The lowest BCUT2D eigenvalue weighted by molar-refractivity contribution is -0.137. The van der Waals surface area contributed by atoms with E-state index in [4.69, 9.17) is 0 Å². The van der Waals surface area contributed by atoms with Gasteiger partial charge < -0.3 is 30.3 Å². The second kappa shape index (κ2) is 10.8. The maximum atomic E-state index is 13.5. The average Bonchev–Trinajstić information content (AvgIpc) is 3.28. The Bertz CT molecular complexity index is 1530. The molecule has 11 heteroatoms. The molecule has 0 atom stereocenters. The van der Waals surface area contributed by atoms with Crippen LogP contribution >= 0.6 is 0 Å². The summed E-state index contributed by atoms with van der Waals surface area (Å²) < 4.78 is 42.6. The van der Waals surface area contributed by atoms with E-state index < -0.39 is 23.7 Å². The third kappa shape index (κ3) is 6.15. The third-order valence-electron chi connectivity index (χ3n) is 6.17. The van der Waals surface area contributed by atoms with Gasteiger partial charge in [0.15, 0.2) is 0 Å². The largest absolute Gasteiger partial charge is 0.478 e. The molecule has 0 saturated carbocycles. The molecule has 8 nitrogen and oxygen atoms in total. The number of halogens is 3. The second-order valence-corrected chi connectivity index (χ2v) is 8.86. The number of alkyl halides is 3. The van der Waals surface area contributed by atoms with E-state index >= 15 is 0 Å². The first kappa shape index (κ1) is 27.1. The van der Waals surface area contributed by atoms with Crippen molar-refractivity contribution in [1.82, 2.24) is 4.57 Å². The molecule has 202 valence electrons. The van der Waals surface area contributed by atoms with E-state index in [1.54, 1.807) is 19.2 Å². The zero-order valence-corrected chi connectivity index (χ0v) is 21.0. The summed E-state index contributed by atoms with van der Waals surface area (Å²) >= 11 is 0. The number of aryl methyl sites for hydroxylation is 1. The summed E-state index contributed by atoms with van der Waals surface area (Å²) in [6.45, 7) is 0.500. The molecule has 0 fully saturated rings. The van der Waals surface area contributed by atoms with E-state index in [-0.39, 0.29) is 33.9 Å². The van der Waals surface area contributed by atoms with E-state index in [0.29, 0.717) is 12.2 Å². The van der Waals surface area contributed by atoms with E-state index in [2.05, 4.69) is 10.6 Å². The number of hydrogen-bond donors (Lipinski definition) is 4. The second-order valence-electron chi connectivity index (χ2n) is 8.86. The minimum atomic E-state index is -4.66. The van der Waals surface area contributed by atoms with E-state index in [1.165, 1.54) is 30.3 Å². The monoisotopic (exact) mass is 538 g/mol. The molecule has 0 aliphatic carbocycles. The van der Waals surface area contributed by atoms with Crippen molar-refractivity contribution in [2.24, 2.45) is 7.05 Å². The van der Waals surface area contributed by atoms with Crippen LogP contribution in [-0.4, -0.2) is 33.8 Å². The molecule has 3 aromatic carbocycles. The van der Waals surface area contributed by atoms with Crippen LogP contribution in [0.4, 0.5) is 41.6 Å². The lowest BCUT2D eigenvalue weighted by Gasteiger charge is -2.22. The first-order chi connectivity index (χ1) is 18.4. The van der Waals surface area contributed by atoms with Gasteiger partial charge in [-0.1, -0.05) is 12.1 Å². The van der Waals surface area contributed by atoms with Gasteiger partial charge in [-0.15, -0.1) is 0 Å². The normalized spacial score (nSPS) is 11.2. The van der Waals surface area contributed by atoms with Crippen LogP contribution in [0.3, 0.4) is 0 Å². The molecular weight excluding hydrogens is 513 g/mol. The number of carboxylic acids is 2. The van der Waals surface area contributed by atoms with Gasteiger partial charge in [0.25, 0.3) is 0 Å². The van der Waals surface area contributed by atoms with Crippen LogP contribution in [0, 0.1) is 0 Å². The Labute approximate surface area is 221 Å². The van der Waals surface area contributed by atoms with Crippen LogP contribution in [0.25, 0.3) is 0 Å². The number of anilines is 5. The van der Waals surface area contributed by atoms with Gasteiger partial charge in [0.1, 0.15) is 0 Å². The molecule has 4 N–H and O–H groups in total. The number of aromatic carboxylic acids is 2. The van der Waals surface area contributed by atoms with Crippen molar-refractivity contribution in [2.75, 3.05) is 22.6 Å². The lowest BCUT2D eigenvalue weighted by atomic mass is 10.1. The van der Waals surface area contributed by atoms with E-state index in [1.807, 2.05) is 34.8 Å². The highest BCUT2D eigenvalue weighted by molar-refractivity contribution is 5.98. The number of benzene rings is 3. The van der Waals surface area contributed by atoms with Crippen molar-refractivity contribution in [2.45, 2.75) is 12.7 Å². The van der Waals surface area contributed by atoms with E-state index in [9.17, 15) is 33.0 Å². The van der Waals surface area contributed by atoms with Crippen molar-refractivity contribution in [3.05, 3.63) is 101 Å². The highest BCUT2D eigenvalue weighted by atomic mass is 19.4. The molecule has 0 aliphatic rings. The van der Waals surface area contributed by atoms with Crippen LogP contribution in [-0.2, 0) is 19.8 Å². The maximum Gasteiger partial charge on any atom is 0.416 e. The van der Waals surface area contributed by atoms with Gasteiger partial charge in [-0.2, -0.15) is 13.2 Å². The summed E-state index contributed by atoms with van der Waals surface area (Å²) in [5, 5.41) is 25.1. The van der Waals surface area contributed by atoms with Crippen LogP contribution in [0.5, 0.6) is 0 Å². The van der Waals surface area contributed by atoms with Gasteiger partial charge in [0.05, 0.1) is 46.0 Å². The number of carbonyl (C=O) groups is 2. The van der Waals surface area contributed by atoms with Crippen LogP contribution < -0.4 is 15.5 Å². The van der Waals surface area contributed by atoms with Crippen molar-refractivity contribution in [1.29, 1.82) is 0 Å². The topological polar surface area (TPSA) is 107 Å². The van der Waals surface area contributed by atoms with Gasteiger partial charge >= 0.3 is 18.1 Å². The standard InChI is InChI=1S/C28H25F3N4O4/c1-34-13-5-6-19(34)16-35(2)18-10-12-23(21(15-18)27(38)39)33-25-14-17(28(29,30)31)9-11-24(25)32-22-8-4-3-7-20(22)26(36)37/h3-15,32-33H,16H2,1-2H3,(H,36,37)(H,38,39). The van der Waals surface area contributed by atoms with Crippen LogP contribution in [0.1, 0.15) is 32.0 Å². The Hall–Kier alpha value is -4.93. The summed E-state index contributed by atoms with van der Waals surface area (Å²) in [6, 6.07) is 17.2. The van der Waals surface area contributed by atoms with Crippen molar-refractivity contribution >= 4 is 40.4 Å². The van der Waals surface area contributed by atoms with Gasteiger partial charge in [0, 0.05) is 31.7 Å². The molecule has 0 saturated heterocycles. The number of nitrogens with zero attached hydrogens (tertiary/aromatic N) is 2. The number of nitrogens with one attached hydrogen (secondary N) is 2. The molecule has 0 radical (unpaired) electrons. The zero-order valence-electron chi connectivity index (χ0n) is 21.0. The fourth-order valence-corrected chi connectivity index (χ4v) is 4.05. The molecular formula is C28H25F3N4O4. The molecule has 39 heavy (non-hydrogen) atoms. The Morgan fingerprint density at radius 2 is 1.46 bits per heavy atom. The number of hydrogen-bond acceptors (Lipinski definition) is 5. The van der Waals surface area contributed by atoms with Gasteiger partial charge in [0.2, 0.25) is 0 Å². The van der Waals surface area contributed by atoms with Gasteiger partial charge in [-0.3, -0.25) is 0 Å². The summed E-state index contributed by atoms with van der Waals surface area (Å²) in [7, 11) is 3.70. The predicted molar refractivity (Wildman–Crippen MR) is 142 cm³/mol. The first-order valence-corrected chi connectivity index (χ1v) is 11.7. The Morgan fingerprint density at radius 1 is 0.821 bits per heavy atom. The summed E-state index contributed by atoms with van der Waals surface area (Å²) in [5.41, 5.74) is 0.653. The molecule has 0 spiro atoms. The summed E-state index contributed by atoms with van der Waals surface area (Å²) in [5.74, 6) is -2.49. The Morgan fingerprint density at radius 3 is 2.10 bits per heavy atom. The van der Waals surface area contributed by atoms with Crippen molar-refractivity contribution in [3.63, 3.8) is 0 Å². The first-order valence-electron chi connectivity index (χ1n) is 11.7. The van der Waals surface area contributed by atoms with Gasteiger partial charge in [-0.05, 0) is 60.7 Å². The number of para-hydroxylation sites is 1. The quantitative estimate of drug-likeness (QED) is 0.191. The molecule has 1 aromatic heterocycles. The minimum Gasteiger partial charge on any atom is -0.478 e. The maximum absolute atomic E-state index is 13.5. The molecule has 0 amide bonds. The molecule has 4 rings (SSSR count). The van der Waals surface area contributed by atoms with Crippen molar-refractivity contribution in [3.8, 4) is 0 Å². The predicted octanol–water partition coefficient (Wildman–Crippen LogP) is 6.56. The summed E-state index contributed by atoms with van der Waals surface area (Å²) in [4.78, 5) is 25.6. The Kier molecular flexibility index (Phi) is 7.52. The number of aromatic nitrogens is 1. The van der Waals surface area contributed by atoms with Crippen molar-refractivity contribution < 1.29 is 33.0 Å². The third-order valence-corrected chi connectivity index (χ3v) is 6.17. The average molecular weight is 539 g/mol. The molecule has 0 bridgehead atoms. The molecule has 0 aliphatic heterocycles.